The molecule has 1 rings (SSSR count). The van der Waals surface area contributed by atoms with Crippen molar-refractivity contribution in [2.75, 3.05) is 20.3 Å². The second kappa shape index (κ2) is 7.66. The lowest BCUT2D eigenvalue weighted by Gasteiger charge is -2.18. The van der Waals surface area contributed by atoms with E-state index >= 15 is 0 Å². The molecule has 1 atom stereocenters. The molecule has 2 nitrogen and oxygen atoms in total. The van der Waals surface area contributed by atoms with Crippen LogP contribution in [0.1, 0.15) is 18.9 Å². The Hall–Kier alpha value is -0.570. The molecule has 0 radical (unpaired) electrons. The van der Waals surface area contributed by atoms with Crippen molar-refractivity contribution in [3.05, 3.63) is 34.9 Å². The molecule has 90 valence electrons. The van der Waals surface area contributed by atoms with Gasteiger partial charge in [0.2, 0.25) is 0 Å². The third-order valence-electron chi connectivity index (χ3n) is 2.59. The van der Waals surface area contributed by atoms with Crippen LogP contribution < -0.4 is 5.32 Å². The Kier molecular flexibility index (Phi) is 6.46. The van der Waals surface area contributed by atoms with Crippen molar-refractivity contribution in [1.82, 2.24) is 5.32 Å². The Labute approximate surface area is 103 Å². The minimum atomic E-state index is 0.435. The van der Waals surface area contributed by atoms with Crippen LogP contribution in [-0.2, 0) is 11.2 Å². The van der Waals surface area contributed by atoms with Crippen LogP contribution >= 0.6 is 11.6 Å². The SMILES string of the molecule is CCNC(CCOC)Cc1ccccc1Cl. The van der Waals surface area contributed by atoms with E-state index in [1.807, 2.05) is 18.2 Å². The van der Waals surface area contributed by atoms with E-state index in [1.165, 1.54) is 5.56 Å². The van der Waals surface area contributed by atoms with Crippen molar-refractivity contribution in [3.63, 3.8) is 0 Å². The maximum atomic E-state index is 6.14. The van der Waals surface area contributed by atoms with Gasteiger partial charge in [-0.1, -0.05) is 36.7 Å². The van der Waals surface area contributed by atoms with Crippen LogP contribution in [0, 0.1) is 0 Å². The highest BCUT2D eigenvalue weighted by molar-refractivity contribution is 6.31. The van der Waals surface area contributed by atoms with Gasteiger partial charge < -0.3 is 10.1 Å². The van der Waals surface area contributed by atoms with Crippen LogP contribution in [0.2, 0.25) is 5.02 Å². The summed E-state index contributed by atoms with van der Waals surface area (Å²) in [6.45, 7) is 3.87. The number of ether oxygens (including phenoxy) is 1. The smallest absolute Gasteiger partial charge is 0.0477 e. The van der Waals surface area contributed by atoms with Gasteiger partial charge in [-0.25, -0.2) is 0 Å². The van der Waals surface area contributed by atoms with E-state index in [0.29, 0.717) is 6.04 Å². The Morgan fingerprint density at radius 2 is 2.12 bits per heavy atom. The van der Waals surface area contributed by atoms with Crippen LogP contribution in [0.5, 0.6) is 0 Å². The first-order valence-electron chi connectivity index (χ1n) is 5.73. The minimum Gasteiger partial charge on any atom is -0.385 e. The van der Waals surface area contributed by atoms with Crippen molar-refractivity contribution in [3.8, 4) is 0 Å². The molecule has 1 aromatic rings. The van der Waals surface area contributed by atoms with E-state index in [9.17, 15) is 0 Å². The van der Waals surface area contributed by atoms with Crippen LogP contribution in [0.25, 0.3) is 0 Å². The zero-order valence-electron chi connectivity index (χ0n) is 10.0. The van der Waals surface area contributed by atoms with Crippen molar-refractivity contribution in [2.45, 2.75) is 25.8 Å². The molecule has 0 aliphatic rings. The van der Waals surface area contributed by atoms with Crippen molar-refractivity contribution >= 4 is 11.6 Å². The first-order chi connectivity index (χ1) is 7.77. The van der Waals surface area contributed by atoms with E-state index in [4.69, 9.17) is 16.3 Å². The molecule has 0 amide bonds. The van der Waals surface area contributed by atoms with Gasteiger partial charge in [0.25, 0.3) is 0 Å². The molecule has 0 saturated heterocycles. The minimum absolute atomic E-state index is 0.435. The van der Waals surface area contributed by atoms with Gasteiger partial charge in [0, 0.05) is 24.8 Å². The maximum Gasteiger partial charge on any atom is 0.0477 e. The average Bonchev–Trinajstić information content (AvgIpc) is 2.29. The topological polar surface area (TPSA) is 21.3 Å². The Morgan fingerprint density at radius 1 is 1.38 bits per heavy atom. The van der Waals surface area contributed by atoms with Gasteiger partial charge >= 0.3 is 0 Å². The quantitative estimate of drug-likeness (QED) is 0.793. The summed E-state index contributed by atoms with van der Waals surface area (Å²) in [4.78, 5) is 0. The predicted molar refractivity (Wildman–Crippen MR) is 69.1 cm³/mol. The molecular weight excluding hydrogens is 222 g/mol. The summed E-state index contributed by atoms with van der Waals surface area (Å²) in [6, 6.07) is 8.45. The molecule has 0 bridgehead atoms. The van der Waals surface area contributed by atoms with Crippen LogP contribution in [0.15, 0.2) is 24.3 Å². The number of hydrogen-bond acceptors (Lipinski definition) is 2. The number of methoxy groups -OCH3 is 1. The lowest BCUT2D eigenvalue weighted by Crippen LogP contribution is -2.32. The fraction of sp³-hybridized carbons (Fsp3) is 0.538. The molecule has 3 heteroatoms. The standard InChI is InChI=1S/C13H20ClNO/c1-3-15-12(8-9-16-2)10-11-6-4-5-7-13(11)14/h4-7,12,15H,3,8-10H2,1-2H3. The summed E-state index contributed by atoms with van der Waals surface area (Å²) >= 11 is 6.14. The van der Waals surface area contributed by atoms with Gasteiger partial charge in [-0.15, -0.1) is 0 Å². The summed E-state index contributed by atoms with van der Waals surface area (Å²) in [6.07, 6.45) is 1.96. The number of rotatable bonds is 7. The normalized spacial score (nSPS) is 12.7. The second-order valence-corrected chi connectivity index (χ2v) is 4.24. The van der Waals surface area contributed by atoms with Crippen LogP contribution in [-0.4, -0.2) is 26.3 Å². The molecule has 1 N–H and O–H groups in total. The van der Waals surface area contributed by atoms with Gasteiger partial charge in [0.15, 0.2) is 0 Å². The first-order valence-corrected chi connectivity index (χ1v) is 6.11. The number of benzene rings is 1. The largest absolute Gasteiger partial charge is 0.385 e. The molecule has 0 fully saturated rings. The van der Waals surface area contributed by atoms with E-state index in [2.05, 4.69) is 18.3 Å². The van der Waals surface area contributed by atoms with Crippen molar-refractivity contribution in [1.29, 1.82) is 0 Å². The van der Waals surface area contributed by atoms with E-state index in [-0.39, 0.29) is 0 Å². The molecule has 0 aliphatic heterocycles. The molecule has 16 heavy (non-hydrogen) atoms. The Morgan fingerprint density at radius 3 is 2.75 bits per heavy atom. The number of halogens is 1. The highest BCUT2D eigenvalue weighted by Gasteiger charge is 2.09. The summed E-state index contributed by atoms with van der Waals surface area (Å²) < 4.78 is 5.11. The highest BCUT2D eigenvalue weighted by Crippen LogP contribution is 2.17. The zero-order valence-corrected chi connectivity index (χ0v) is 10.8. The van der Waals surface area contributed by atoms with Gasteiger partial charge in [-0.05, 0) is 31.0 Å². The van der Waals surface area contributed by atoms with Crippen molar-refractivity contribution < 1.29 is 4.74 Å². The lowest BCUT2D eigenvalue weighted by molar-refractivity contribution is 0.183. The van der Waals surface area contributed by atoms with Crippen LogP contribution in [0.3, 0.4) is 0 Å². The second-order valence-electron chi connectivity index (χ2n) is 3.83. The van der Waals surface area contributed by atoms with Crippen LogP contribution in [0.4, 0.5) is 0 Å². The van der Waals surface area contributed by atoms with Crippen molar-refractivity contribution in [2.24, 2.45) is 0 Å². The highest BCUT2D eigenvalue weighted by atomic mass is 35.5. The third-order valence-corrected chi connectivity index (χ3v) is 2.96. The number of hydrogen-bond donors (Lipinski definition) is 1. The van der Waals surface area contributed by atoms with Gasteiger partial charge in [0.05, 0.1) is 0 Å². The van der Waals surface area contributed by atoms with E-state index in [1.54, 1.807) is 7.11 Å². The molecule has 0 heterocycles. The molecule has 1 unspecified atom stereocenters. The third kappa shape index (κ3) is 4.52. The Balaban J connectivity index is 2.56. The number of nitrogens with one attached hydrogen (secondary N) is 1. The van der Waals surface area contributed by atoms with E-state index in [0.717, 1.165) is 31.0 Å². The van der Waals surface area contributed by atoms with E-state index < -0.39 is 0 Å². The molecule has 0 aliphatic carbocycles. The average molecular weight is 242 g/mol. The monoisotopic (exact) mass is 241 g/mol. The molecule has 0 spiro atoms. The molecular formula is C13H20ClNO. The van der Waals surface area contributed by atoms with Gasteiger partial charge in [0.1, 0.15) is 0 Å². The molecule has 0 aromatic heterocycles. The first kappa shape index (κ1) is 13.5. The fourth-order valence-electron chi connectivity index (χ4n) is 1.75. The maximum absolute atomic E-state index is 6.14. The summed E-state index contributed by atoms with van der Waals surface area (Å²) in [5.74, 6) is 0. The summed E-state index contributed by atoms with van der Waals surface area (Å²) in [5.41, 5.74) is 1.20. The van der Waals surface area contributed by atoms with Gasteiger partial charge in [-0.3, -0.25) is 0 Å². The fourth-order valence-corrected chi connectivity index (χ4v) is 1.97. The zero-order chi connectivity index (χ0) is 11.8. The Bertz CT molecular complexity index is 304. The lowest BCUT2D eigenvalue weighted by atomic mass is 10.0. The van der Waals surface area contributed by atoms with Gasteiger partial charge in [-0.2, -0.15) is 0 Å². The molecule has 0 saturated carbocycles. The summed E-state index contributed by atoms with van der Waals surface area (Å²) in [5, 5.41) is 4.30. The summed E-state index contributed by atoms with van der Waals surface area (Å²) in [7, 11) is 1.73. The molecule has 1 aromatic carbocycles. The number of likely N-dealkylation sites (N-methyl/N-ethyl adjacent to an activating group) is 1. The predicted octanol–water partition coefficient (Wildman–Crippen LogP) is 2.90.